The van der Waals surface area contributed by atoms with Crippen molar-refractivity contribution in [3.63, 3.8) is 0 Å². The topological polar surface area (TPSA) is 46.2 Å². The highest BCUT2D eigenvalue weighted by Crippen LogP contribution is 2.29. The Morgan fingerprint density at radius 3 is 2.40 bits per heavy atom. The van der Waals surface area contributed by atoms with E-state index in [2.05, 4.69) is 20.7 Å². The molecule has 0 spiro atoms. The Balaban J connectivity index is 2.41. The predicted molar refractivity (Wildman–Crippen MR) is 88.8 cm³/mol. The Kier molecular flexibility index (Phi) is 4.70. The second-order valence-corrected chi connectivity index (χ2v) is 7.78. The Morgan fingerprint density at radius 1 is 1.20 bits per heavy atom. The van der Waals surface area contributed by atoms with Crippen LogP contribution in [0, 0.1) is 16.3 Å². The average Bonchev–Trinajstić information content (AvgIpc) is 2.35. The van der Waals surface area contributed by atoms with Gasteiger partial charge in [0.1, 0.15) is 5.82 Å². The van der Waals surface area contributed by atoms with Gasteiger partial charge in [-0.3, -0.25) is 4.72 Å². The van der Waals surface area contributed by atoms with Gasteiger partial charge in [0.15, 0.2) is 0 Å². The quantitative estimate of drug-likeness (QED) is 0.538. The number of hydrogen-bond donors (Lipinski definition) is 1. The van der Waals surface area contributed by atoms with Gasteiger partial charge in [0, 0.05) is 4.47 Å². The van der Waals surface area contributed by atoms with Crippen molar-refractivity contribution in [1.29, 1.82) is 0 Å². The van der Waals surface area contributed by atoms with Crippen LogP contribution in [0.5, 0.6) is 0 Å². The minimum atomic E-state index is -3.73. The molecule has 20 heavy (non-hydrogen) atoms. The Labute approximate surface area is 138 Å². The van der Waals surface area contributed by atoms with E-state index < -0.39 is 15.8 Å². The molecule has 0 aliphatic rings. The van der Waals surface area contributed by atoms with Crippen LogP contribution in [0.4, 0.5) is 10.1 Å². The minimum absolute atomic E-state index is 0.138. The molecule has 0 aliphatic carbocycles. The Bertz CT molecular complexity index is 748. The number of anilines is 1. The third-order valence-corrected chi connectivity index (χ3v) is 6.48. The second kappa shape index (κ2) is 5.98. The van der Waals surface area contributed by atoms with Crippen LogP contribution in [0.15, 0.2) is 45.8 Å². The SMILES string of the molecule is Cc1ccc(S(=O)(=O)Nc2cc(F)cc(Br)c2I)cc1. The van der Waals surface area contributed by atoms with Gasteiger partial charge in [-0.05, 0) is 69.7 Å². The number of halogens is 3. The van der Waals surface area contributed by atoms with E-state index in [1.807, 2.05) is 29.5 Å². The van der Waals surface area contributed by atoms with Crippen LogP contribution in [0.1, 0.15) is 5.56 Å². The summed E-state index contributed by atoms with van der Waals surface area (Å²) in [6, 6.07) is 8.88. The van der Waals surface area contributed by atoms with E-state index in [1.54, 1.807) is 12.1 Å². The van der Waals surface area contributed by atoms with Crippen molar-refractivity contribution in [2.75, 3.05) is 4.72 Å². The summed E-state index contributed by atoms with van der Waals surface area (Å²) < 4.78 is 41.3. The third-order valence-electron chi connectivity index (χ3n) is 2.57. The molecule has 0 unspecified atom stereocenters. The van der Waals surface area contributed by atoms with E-state index in [9.17, 15) is 12.8 Å². The van der Waals surface area contributed by atoms with Crippen LogP contribution < -0.4 is 4.72 Å². The van der Waals surface area contributed by atoms with Gasteiger partial charge in [0.2, 0.25) is 0 Å². The lowest BCUT2D eigenvalue weighted by atomic mass is 10.2. The molecule has 0 heterocycles. The molecule has 0 fully saturated rings. The summed E-state index contributed by atoms with van der Waals surface area (Å²) >= 11 is 5.13. The first-order valence-corrected chi connectivity index (χ1v) is 8.89. The van der Waals surface area contributed by atoms with Gasteiger partial charge in [-0.1, -0.05) is 17.7 Å². The van der Waals surface area contributed by atoms with E-state index in [0.717, 1.165) is 11.6 Å². The molecule has 1 N–H and O–H groups in total. The zero-order valence-corrected chi connectivity index (χ0v) is 14.9. The molecule has 3 nitrogen and oxygen atoms in total. The summed E-state index contributed by atoms with van der Waals surface area (Å²) in [5.41, 5.74) is 1.17. The Hall–Kier alpha value is -0.670. The minimum Gasteiger partial charge on any atom is -0.278 e. The molecular formula is C13H10BrFINO2S. The predicted octanol–water partition coefficient (Wildman–Crippen LogP) is 4.30. The fourth-order valence-electron chi connectivity index (χ4n) is 1.55. The van der Waals surface area contributed by atoms with Gasteiger partial charge < -0.3 is 0 Å². The van der Waals surface area contributed by atoms with E-state index in [4.69, 9.17) is 0 Å². The highest BCUT2D eigenvalue weighted by atomic mass is 127. The fourth-order valence-corrected chi connectivity index (χ4v) is 3.68. The molecule has 0 bridgehead atoms. The van der Waals surface area contributed by atoms with Gasteiger partial charge in [0.25, 0.3) is 10.0 Å². The maximum Gasteiger partial charge on any atom is 0.261 e. The van der Waals surface area contributed by atoms with E-state index in [-0.39, 0.29) is 10.6 Å². The summed E-state index contributed by atoms with van der Waals surface area (Å²) in [6.07, 6.45) is 0. The zero-order valence-electron chi connectivity index (χ0n) is 10.3. The van der Waals surface area contributed by atoms with Crippen LogP contribution >= 0.6 is 38.5 Å². The van der Waals surface area contributed by atoms with Gasteiger partial charge >= 0.3 is 0 Å². The lowest BCUT2D eigenvalue weighted by molar-refractivity contribution is 0.601. The van der Waals surface area contributed by atoms with Crippen molar-refractivity contribution in [2.24, 2.45) is 0 Å². The first-order chi connectivity index (χ1) is 9.29. The van der Waals surface area contributed by atoms with Crippen LogP contribution in [0.2, 0.25) is 0 Å². The first kappa shape index (κ1) is 15.7. The summed E-state index contributed by atoms with van der Waals surface area (Å²) in [5, 5.41) is 0. The standard InChI is InChI=1S/C13H10BrFINO2S/c1-8-2-4-10(5-3-8)20(18,19)17-12-7-9(15)6-11(14)13(12)16/h2-7,17H,1H3. The van der Waals surface area contributed by atoms with Crippen LogP contribution in [-0.2, 0) is 10.0 Å². The van der Waals surface area contributed by atoms with Crippen molar-refractivity contribution >= 4 is 54.2 Å². The molecule has 0 radical (unpaired) electrons. The largest absolute Gasteiger partial charge is 0.278 e. The molecule has 0 aromatic heterocycles. The van der Waals surface area contributed by atoms with Crippen molar-refractivity contribution in [3.05, 3.63) is 55.8 Å². The normalized spacial score (nSPS) is 11.4. The summed E-state index contributed by atoms with van der Waals surface area (Å²) in [5.74, 6) is -0.515. The van der Waals surface area contributed by atoms with E-state index in [0.29, 0.717) is 8.04 Å². The van der Waals surface area contributed by atoms with E-state index >= 15 is 0 Å². The summed E-state index contributed by atoms with van der Waals surface area (Å²) in [7, 11) is -3.73. The van der Waals surface area contributed by atoms with Crippen LogP contribution in [0.25, 0.3) is 0 Å². The molecule has 0 saturated carbocycles. The fraction of sp³-hybridized carbons (Fsp3) is 0.0769. The highest BCUT2D eigenvalue weighted by Gasteiger charge is 2.17. The molecule has 0 saturated heterocycles. The Morgan fingerprint density at radius 2 is 1.80 bits per heavy atom. The molecule has 106 valence electrons. The lowest BCUT2D eigenvalue weighted by Crippen LogP contribution is -2.14. The maximum absolute atomic E-state index is 13.4. The summed E-state index contributed by atoms with van der Waals surface area (Å²) in [4.78, 5) is 0.138. The van der Waals surface area contributed by atoms with Crippen molar-refractivity contribution in [2.45, 2.75) is 11.8 Å². The van der Waals surface area contributed by atoms with Gasteiger partial charge in [-0.25, -0.2) is 12.8 Å². The first-order valence-electron chi connectivity index (χ1n) is 5.53. The third kappa shape index (κ3) is 3.50. The molecule has 0 aliphatic heterocycles. The van der Waals surface area contributed by atoms with Gasteiger partial charge in [-0.15, -0.1) is 0 Å². The number of nitrogens with one attached hydrogen (secondary N) is 1. The van der Waals surface area contributed by atoms with Crippen molar-refractivity contribution in [1.82, 2.24) is 0 Å². The second-order valence-electron chi connectivity index (χ2n) is 4.17. The number of rotatable bonds is 3. The van der Waals surface area contributed by atoms with E-state index in [1.165, 1.54) is 18.2 Å². The summed E-state index contributed by atoms with van der Waals surface area (Å²) in [6.45, 7) is 1.87. The monoisotopic (exact) mass is 469 g/mol. The molecule has 0 amide bonds. The molecular weight excluding hydrogens is 460 g/mol. The lowest BCUT2D eigenvalue weighted by Gasteiger charge is -2.11. The molecule has 2 rings (SSSR count). The maximum atomic E-state index is 13.4. The molecule has 2 aromatic carbocycles. The van der Waals surface area contributed by atoms with Gasteiger partial charge in [0.05, 0.1) is 14.2 Å². The number of aryl methyl sites for hydroxylation is 1. The van der Waals surface area contributed by atoms with Crippen molar-refractivity contribution < 1.29 is 12.8 Å². The van der Waals surface area contributed by atoms with Gasteiger partial charge in [-0.2, -0.15) is 0 Å². The number of hydrogen-bond acceptors (Lipinski definition) is 2. The number of benzene rings is 2. The average molecular weight is 470 g/mol. The molecule has 2 aromatic rings. The molecule has 0 atom stereocenters. The van der Waals surface area contributed by atoms with Crippen LogP contribution in [-0.4, -0.2) is 8.42 Å². The highest BCUT2D eigenvalue weighted by molar-refractivity contribution is 14.1. The van der Waals surface area contributed by atoms with Crippen molar-refractivity contribution in [3.8, 4) is 0 Å². The van der Waals surface area contributed by atoms with Crippen LogP contribution in [0.3, 0.4) is 0 Å². The molecule has 7 heteroatoms. The number of sulfonamides is 1. The smallest absolute Gasteiger partial charge is 0.261 e. The zero-order chi connectivity index (χ0) is 14.9.